The predicted molar refractivity (Wildman–Crippen MR) is 89.8 cm³/mol. The fraction of sp³-hybridized carbons (Fsp3) is 0.0588. The van der Waals surface area contributed by atoms with Gasteiger partial charge in [-0.25, -0.2) is 12.7 Å². The fourth-order valence-corrected chi connectivity index (χ4v) is 4.26. The van der Waals surface area contributed by atoms with E-state index in [0.29, 0.717) is 4.31 Å². The van der Waals surface area contributed by atoms with E-state index in [1.54, 1.807) is 18.2 Å². The van der Waals surface area contributed by atoms with Gasteiger partial charge in [0.15, 0.2) is 5.76 Å². The van der Waals surface area contributed by atoms with E-state index >= 15 is 0 Å². The number of nitrogens with zero attached hydrogens (tertiary/aromatic N) is 1. The van der Waals surface area contributed by atoms with Gasteiger partial charge in [0.2, 0.25) is 11.7 Å². The number of nitrogens with two attached hydrogens (primary N) is 1. The molecule has 7 nitrogen and oxygen atoms in total. The van der Waals surface area contributed by atoms with Crippen LogP contribution in [0.4, 0.5) is 0 Å². The number of carbonyl (C=O) groups excluding carboxylic acids is 2. The van der Waals surface area contributed by atoms with Crippen LogP contribution in [-0.4, -0.2) is 36.1 Å². The van der Waals surface area contributed by atoms with Gasteiger partial charge in [-0.1, -0.05) is 42.5 Å². The summed E-state index contributed by atoms with van der Waals surface area (Å²) in [6.07, 6.45) is 0. The van der Waals surface area contributed by atoms with Gasteiger partial charge in [-0.05, 0) is 12.1 Å². The van der Waals surface area contributed by atoms with Gasteiger partial charge in [0.25, 0.3) is 10.0 Å². The molecule has 1 aliphatic heterocycles. The molecule has 128 valence electrons. The summed E-state index contributed by atoms with van der Waals surface area (Å²) in [6.45, 7) is -0.755. The molecule has 0 saturated heterocycles. The number of primary amides is 1. The average molecular weight is 358 g/mol. The topological polar surface area (TPSA) is 118 Å². The fourth-order valence-electron chi connectivity index (χ4n) is 2.62. The number of amides is 1. The Balaban J connectivity index is 2.33. The van der Waals surface area contributed by atoms with E-state index in [4.69, 9.17) is 5.73 Å². The Kier molecular flexibility index (Phi) is 4.05. The van der Waals surface area contributed by atoms with Crippen LogP contribution >= 0.6 is 0 Å². The summed E-state index contributed by atoms with van der Waals surface area (Å²) in [5.41, 5.74) is 4.83. The van der Waals surface area contributed by atoms with Crippen molar-refractivity contribution >= 4 is 27.5 Å². The summed E-state index contributed by atoms with van der Waals surface area (Å²) in [4.78, 5) is 24.0. The molecule has 8 heteroatoms. The monoisotopic (exact) mass is 358 g/mol. The molecule has 25 heavy (non-hydrogen) atoms. The Morgan fingerprint density at radius 1 is 1.04 bits per heavy atom. The minimum absolute atomic E-state index is 0.0688. The molecule has 0 aliphatic carbocycles. The highest BCUT2D eigenvalue weighted by Gasteiger charge is 2.42. The highest BCUT2D eigenvalue weighted by atomic mass is 32.2. The van der Waals surface area contributed by atoms with Crippen LogP contribution in [0.2, 0.25) is 0 Å². The van der Waals surface area contributed by atoms with Gasteiger partial charge in [-0.15, -0.1) is 0 Å². The lowest BCUT2D eigenvalue weighted by molar-refractivity contribution is -0.117. The van der Waals surface area contributed by atoms with E-state index < -0.39 is 39.7 Å². The number of rotatable bonds is 3. The van der Waals surface area contributed by atoms with Crippen molar-refractivity contribution in [2.75, 3.05) is 6.54 Å². The highest BCUT2D eigenvalue weighted by Crippen LogP contribution is 2.34. The first kappa shape index (κ1) is 16.7. The number of carbonyl (C=O) groups is 2. The highest BCUT2D eigenvalue weighted by molar-refractivity contribution is 7.89. The number of aliphatic hydroxyl groups is 1. The molecule has 0 bridgehead atoms. The second kappa shape index (κ2) is 6.06. The minimum Gasteiger partial charge on any atom is -0.505 e. The van der Waals surface area contributed by atoms with Gasteiger partial charge in [0.05, 0.1) is 4.90 Å². The lowest BCUT2D eigenvalue weighted by atomic mass is 10.0. The van der Waals surface area contributed by atoms with Gasteiger partial charge in [-0.3, -0.25) is 9.59 Å². The summed E-state index contributed by atoms with van der Waals surface area (Å²) in [5, 5.41) is 10.6. The molecule has 3 N–H and O–H groups in total. The number of sulfonamides is 1. The van der Waals surface area contributed by atoms with Crippen molar-refractivity contribution in [3.63, 3.8) is 0 Å². The first-order valence-electron chi connectivity index (χ1n) is 7.27. The maximum Gasteiger partial charge on any atom is 0.265 e. The summed E-state index contributed by atoms with van der Waals surface area (Å²) in [6, 6.07) is 13.6. The summed E-state index contributed by atoms with van der Waals surface area (Å²) in [7, 11) is -4.22. The van der Waals surface area contributed by atoms with Crippen LogP contribution in [0, 0.1) is 0 Å². The Hall–Kier alpha value is -3.13. The van der Waals surface area contributed by atoms with Crippen molar-refractivity contribution in [3.05, 3.63) is 71.4 Å². The third kappa shape index (κ3) is 2.76. The molecular formula is C17H14N2O5S. The number of hydrogen-bond donors (Lipinski definition) is 2. The van der Waals surface area contributed by atoms with E-state index in [2.05, 4.69) is 0 Å². The number of allylic oxidation sites excluding steroid dienone is 1. The van der Waals surface area contributed by atoms with E-state index in [9.17, 15) is 23.1 Å². The van der Waals surface area contributed by atoms with E-state index in [0.717, 1.165) is 0 Å². The van der Waals surface area contributed by atoms with Crippen LogP contribution in [0.3, 0.4) is 0 Å². The second-order valence-corrected chi connectivity index (χ2v) is 7.20. The van der Waals surface area contributed by atoms with Crippen molar-refractivity contribution in [1.29, 1.82) is 0 Å². The first-order chi connectivity index (χ1) is 11.8. The average Bonchev–Trinajstić information content (AvgIpc) is 2.60. The molecule has 0 fully saturated rings. The van der Waals surface area contributed by atoms with Gasteiger partial charge < -0.3 is 10.8 Å². The van der Waals surface area contributed by atoms with Crippen molar-refractivity contribution in [1.82, 2.24) is 4.31 Å². The quantitative estimate of drug-likeness (QED) is 0.633. The minimum atomic E-state index is -4.22. The van der Waals surface area contributed by atoms with Crippen molar-refractivity contribution in [2.24, 2.45) is 5.73 Å². The Bertz CT molecular complexity index is 997. The maximum atomic E-state index is 12.9. The molecule has 0 unspecified atom stereocenters. The van der Waals surface area contributed by atoms with Crippen molar-refractivity contribution in [2.45, 2.75) is 4.90 Å². The predicted octanol–water partition coefficient (Wildman–Crippen LogP) is 1.29. The number of benzene rings is 2. The van der Waals surface area contributed by atoms with E-state index in [-0.39, 0.29) is 16.0 Å². The maximum absolute atomic E-state index is 12.9. The summed E-state index contributed by atoms with van der Waals surface area (Å²) < 4.78 is 26.3. The van der Waals surface area contributed by atoms with Crippen LogP contribution in [-0.2, 0) is 14.8 Å². The molecular weight excluding hydrogens is 344 g/mol. The summed E-state index contributed by atoms with van der Waals surface area (Å²) >= 11 is 0. The SMILES string of the molecule is NC(=O)CN1/C(=C(\O)c2ccccc2)C(=O)c2ccccc2S1(=O)=O. The van der Waals surface area contributed by atoms with Crippen molar-refractivity contribution in [3.8, 4) is 0 Å². The smallest absolute Gasteiger partial charge is 0.265 e. The standard InChI is InChI=1S/C17H14N2O5S/c18-14(20)10-19-15(16(21)11-6-2-1-3-7-11)17(22)12-8-4-5-9-13(12)25(19,23)24/h1-9,21H,10H2,(H2,18,20)/b16-15-. The molecule has 2 aromatic carbocycles. The van der Waals surface area contributed by atoms with Crippen LogP contribution in [0.5, 0.6) is 0 Å². The van der Waals surface area contributed by atoms with E-state index in [1.807, 2.05) is 0 Å². The van der Waals surface area contributed by atoms with Crippen LogP contribution in [0.15, 0.2) is 65.2 Å². The zero-order valence-electron chi connectivity index (χ0n) is 12.9. The Labute approximate surface area is 144 Å². The third-order valence-electron chi connectivity index (χ3n) is 3.74. The van der Waals surface area contributed by atoms with Gasteiger partial charge >= 0.3 is 0 Å². The Morgan fingerprint density at radius 3 is 2.28 bits per heavy atom. The second-order valence-electron chi connectivity index (χ2n) is 5.37. The number of ketones is 1. The first-order valence-corrected chi connectivity index (χ1v) is 8.71. The van der Waals surface area contributed by atoms with Crippen LogP contribution < -0.4 is 5.73 Å². The summed E-state index contributed by atoms with van der Waals surface area (Å²) in [5.74, 6) is -2.19. The molecule has 3 rings (SSSR count). The zero-order chi connectivity index (χ0) is 18.2. The molecule has 2 aromatic rings. The number of aliphatic hydroxyl groups excluding tert-OH is 1. The molecule has 0 aromatic heterocycles. The lowest BCUT2D eigenvalue weighted by Gasteiger charge is -2.30. The normalized spacial score (nSPS) is 17.8. The van der Waals surface area contributed by atoms with Gasteiger partial charge in [-0.2, -0.15) is 0 Å². The van der Waals surface area contributed by atoms with E-state index in [1.165, 1.54) is 36.4 Å². The molecule has 0 radical (unpaired) electrons. The van der Waals surface area contributed by atoms with Crippen LogP contribution in [0.25, 0.3) is 5.76 Å². The molecule has 0 atom stereocenters. The molecule has 0 saturated carbocycles. The van der Waals surface area contributed by atoms with Crippen molar-refractivity contribution < 1.29 is 23.1 Å². The van der Waals surface area contributed by atoms with Gasteiger partial charge in [0, 0.05) is 11.1 Å². The molecule has 0 spiro atoms. The van der Waals surface area contributed by atoms with Gasteiger partial charge in [0.1, 0.15) is 12.2 Å². The number of Topliss-reactive ketones (excluding diaryl/α,β-unsaturated/α-hetero) is 1. The molecule has 1 amide bonds. The number of fused-ring (bicyclic) bond motifs is 1. The largest absolute Gasteiger partial charge is 0.505 e. The lowest BCUT2D eigenvalue weighted by Crippen LogP contribution is -2.44. The number of hydrogen-bond acceptors (Lipinski definition) is 5. The Morgan fingerprint density at radius 2 is 1.64 bits per heavy atom. The third-order valence-corrected chi connectivity index (χ3v) is 5.54. The van der Waals surface area contributed by atoms with Crippen LogP contribution in [0.1, 0.15) is 15.9 Å². The molecule has 1 aliphatic rings. The zero-order valence-corrected chi connectivity index (χ0v) is 13.7. The molecule has 1 heterocycles.